The Hall–Kier alpha value is -2.81. The summed E-state index contributed by atoms with van der Waals surface area (Å²) in [7, 11) is 0. The van der Waals surface area contributed by atoms with Gasteiger partial charge in [0.2, 0.25) is 0 Å². The van der Waals surface area contributed by atoms with E-state index < -0.39 is 0 Å². The van der Waals surface area contributed by atoms with Crippen LogP contribution in [-0.2, 0) is 0 Å². The number of phenolic OH excluding ortho intramolecular Hbond substituents is 1. The Morgan fingerprint density at radius 1 is 1.12 bits per heavy atom. The molecule has 1 aliphatic carbocycles. The van der Waals surface area contributed by atoms with Gasteiger partial charge >= 0.3 is 0 Å². The van der Waals surface area contributed by atoms with Gasteiger partial charge in [-0.3, -0.25) is 0 Å². The largest absolute Gasteiger partial charge is 0.507 e. The fourth-order valence-electron chi connectivity index (χ4n) is 3.50. The van der Waals surface area contributed by atoms with Crippen LogP contribution in [0.3, 0.4) is 0 Å². The molecule has 1 aromatic carbocycles. The lowest BCUT2D eigenvalue weighted by molar-refractivity contribution is 0.477. The third kappa shape index (κ3) is 3.43. The van der Waals surface area contributed by atoms with Crippen molar-refractivity contribution in [2.24, 2.45) is 0 Å². The number of benzene rings is 1. The summed E-state index contributed by atoms with van der Waals surface area (Å²) in [5.41, 5.74) is 3.44. The summed E-state index contributed by atoms with van der Waals surface area (Å²) in [6.45, 7) is 0.403. The summed E-state index contributed by atoms with van der Waals surface area (Å²) in [4.78, 5) is 0. The van der Waals surface area contributed by atoms with E-state index in [4.69, 9.17) is 5.26 Å². The first kappa shape index (κ1) is 16.7. The molecule has 2 fully saturated rings. The number of phenols is 1. The second-order valence-electron chi connectivity index (χ2n) is 7.08. The molecule has 1 saturated heterocycles. The number of hydrogen-bond acceptors (Lipinski definition) is 4. The molecule has 5 rings (SSSR count). The minimum absolute atomic E-state index is 0.237. The zero-order valence-corrected chi connectivity index (χ0v) is 14.7. The Labute approximate surface area is 153 Å². The van der Waals surface area contributed by atoms with Crippen molar-refractivity contribution in [3.63, 3.8) is 0 Å². The Bertz CT molecular complexity index is 952. The van der Waals surface area contributed by atoms with Crippen LogP contribution in [0.5, 0.6) is 5.75 Å². The Morgan fingerprint density at radius 2 is 1.88 bits per heavy atom. The fourth-order valence-corrected chi connectivity index (χ4v) is 3.50. The van der Waals surface area contributed by atoms with E-state index in [1.54, 1.807) is 12.1 Å². The van der Waals surface area contributed by atoms with Gasteiger partial charge in [0.05, 0.1) is 11.2 Å². The molecule has 1 aliphatic heterocycles. The van der Waals surface area contributed by atoms with Crippen LogP contribution < -0.4 is 0 Å². The fraction of sp³-hybridized carbons (Fsp3) is 0.350. The van der Waals surface area contributed by atoms with Crippen LogP contribution in [0.25, 0.3) is 22.3 Å². The van der Waals surface area contributed by atoms with E-state index in [0.717, 1.165) is 29.2 Å². The molecule has 26 heavy (non-hydrogen) atoms. The molecule has 0 atom stereocenters. The number of aromatic hydroxyl groups is 1. The zero-order valence-electron chi connectivity index (χ0n) is 14.7. The maximum Gasteiger partial charge on any atom is 0.267 e. The number of fused-ring (bicyclic) bond motifs is 1. The molecule has 6 heteroatoms. The van der Waals surface area contributed by atoms with Crippen LogP contribution in [0.2, 0.25) is 12.6 Å². The number of aromatic nitrogens is 3. The number of rotatable bonds is 2. The Kier molecular flexibility index (Phi) is 4.62. The molecule has 0 spiro atoms. The SMILES string of the molecule is N#CB1CCCC1.Oc1ccccc1-c1cc2c(ccn2C2CC2)nn1. The lowest BCUT2D eigenvalue weighted by Gasteiger charge is -2.05. The van der Waals surface area contributed by atoms with Gasteiger partial charge < -0.3 is 9.67 Å². The van der Waals surface area contributed by atoms with E-state index in [9.17, 15) is 5.11 Å². The van der Waals surface area contributed by atoms with Gasteiger partial charge in [0.1, 0.15) is 11.3 Å². The van der Waals surface area contributed by atoms with Gasteiger partial charge in [-0.15, -0.1) is 10.2 Å². The molecule has 1 saturated carbocycles. The molecule has 3 heterocycles. The maximum atomic E-state index is 9.90. The molecule has 1 N–H and O–H groups in total. The highest BCUT2D eigenvalue weighted by molar-refractivity contribution is 6.67. The van der Waals surface area contributed by atoms with Gasteiger partial charge in [0, 0.05) is 23.8 Å². The standard InChI is InChI=1S/C15H13N3O.C5H8BN/c19-15-4-2-1-3-11(15)13-9-14-12(16-17-13)7-8-18(14)10-5-6-10;7-5-6-3-1-2-4-6/h1-4,7-10,19H,5-6H2;1-4H2. The van der Waals surface area contributed by atoms with Gasteiger partial charge in [-0.05, 0) is 37.1 Å². The van der Waals surface area contributed by atoms with Crippen LogP contribution in [0.1, 0.15) is 31.7 Å². The number of nitriles is 1. The second kappa shape index (κ2) is 7.21. The van der Waals surface area contributed by atoms with E-state index in [1.807, 2.05) is 24.3 Å². The lowest BCUT2D eigenvalue weighted by atomic mass is 9.50. The van der Waals surface area contributed by atoms with Crippen molar-refractivity contribution in [2.45, 2.75) is 44.4 Å². The summed E-state index contributed by atoms with van der Waals surface area (Å²) < 4.78 is 2.26. The van der Waals surface area contributed by atoms with E-state index in [-0.39, 0.29) is 5.75 Å². The monoisotopic (exact) mass is 344 g/mol. The third-order valence-corrected chi connectivity index (χ3v) is 5.13. The summed E-state index contributed by atoms with van der Waals surface area (Å²) in [6, 6.07) is 11.8. The van der Waals surface area contributed by atoms with Crippen LogP contribution in [0.15, 0.2) is 42.6 Å². The molecule has 3 aromatic rings. The van der Waals surface area contributed by atoms with Crippen molar-refractivity contribution in [2.75, 3.05) is 0 Å². The van der Waals surface area contributed by atoms with Gasteiger partial charge in [-0.2, -0.15) is 0 Å². The van der Waals surface area contributed by atoms with Crippen molar-refractivity contribution in [3.05, 3.63) is 42.6 Å². The van der Waals surface area contributed by atoms with E-state index in [0.29, 0.717) is 18.4 Å². The minimum Gasteiger partial charge on any atom is -0.507 e. The molecule has 0 radical (unpaired) electrons. The normalized spacial score (nSPS) is 16.2. The average molecular weight is 344 g/mol. The van der Waals surface area contributed by atoms with Crippen molar-refractivity contribution >= 4 is 17.7 Å². The van der Waals surface area contributed by atoms with Gasteiger partial charge in [-0.1, -0.05) is 37.6 Å². The van der Waals surface area contributed by atoms with Crippen molar-refractivity contribution in [3.8, 4) is 23.0 Å². The van der Waals surface area contributed by atoms with Crippen molar-refractivity contribution in [1.82, 2.24) is 14.8 Å². The first-order chi connectivity index (χ1) is 12.8. The molecular weight excluding hydrogens is 323 g/mol. The second-order valence-corrected chi connectivity index (χ2v) is 7.08. The number of hydrogen-bond donors (Lipinski definition) is 1. The van der Waals surface area contributed by atoms with Gasteiger partial charge in [-0.25, -0.2) is 5.26 Å². The van der Waals surface area contributed by atoms with Crippen LogP contribution in [-0.4, -0.2) is 26.6 Å². The molecule has 2 aromatic heterocycles. The highest BCUT2D eigenvalue weighted by Gasteiger charge is 2.25. The zero-order chi connectivity index (χ0) is 17.9. The maximum absolute atomic E-state index is 9.90. The van der Waals surface area contributed by atoms with Gasteiger partial charge in [0.25, 0.3) is 6.71 Å². The highest BCUT2D eigenvalue weighted by atomic mass is 16.3. The quantitative estimate of drug-likeness (QED) is 0.696. The molecule has 0 amide bonds. The van der Waals surface area contributed by atoms with Crippen molar-refractivity contribution in [1.29, 1.82) is 5.26 Å². The summed E-state index contributed by atoms with van der Waals surface area (Å²) in [6.07, 6.45) is 9.39. The van der Waals surface area contributed by atoms with Gasteiger partial charge in [0.15, 0.2) is 0 Å². The molecule has 130 valence electrons. The number of para-hydroxylation sites is 1. The minimum atomic E-state index is 0.237. The molecular formula is C20H21BN4O. The van der Waals surface area contributed by atoms with E-state index in [2.05, 4.69) is 26.9 Å². The van der Waals surface area contributed by atoms with E-state index >= 15 is 0 Å². The molecule has 0 unspecified atom stereocenters. The Balaban J connectivity index is 0.000000204. The summed E-state index contributed by atoms with van der Waals surface area (Å²) in [5, 5.41) is 26.7. The smallest absolute Gasteiger partial charge is 0.267 e. The average Bonchev–Trinajstić information content (AvgIpc) is 3.21. The summed E-state index contributed by atoms with van der Waals surface area (Å²) >= 11 is 0. The first-order valence-corrected chi connectivity index (χ1v) is 9.28. The summed E-state index contributed by atoms with van der Waals surface area (Å²) in [5.74, 6) is 2.50. The Morgan fingerprint density at radius 3 is 2.54 bits per heavy atom. The van der Waals surface area contributed by atoms with Crippen molar-refractivity contribution < 1.29 is 5.11 Å². The molecule has 5 nitrogen and oxygen atoms in total. The number of nitrogens with zero attached hydrogens (tertiary/aromatic N) is 4. The van der Waals surface area contributed by atoms with E-state index in [1.165, 1.54) is 25.7 Å². The topological polar surface area (TPSA) is 74.7 Å². The first-order valence-electron chi connectivity index (χ1n) is 9.28. The predicted molar refractivity (Wildman–Crippen MR) is 103 cm³/mol. The van der Waals surface area contributed by atoms with Crippen LogP contribution in [0.4, 0.5) is 0 Å². The highest BCUT2D eigenvalue weighted by Crippen LogP contribution is 2.38. The third-order valence-electron chi connectivity index (χ3n) is 5.13. The van der Waals surface area contributed by atoms with Crippen LogP contribution >= 0.6 is 0 Å². The lowest BCUT2D eigenvalue weighted by Crippen LogP contribution is -1.99. The predicted octanol–water partition coefficient (Wildman–Crippen LogP) is 4.48. The molecule has 2 aliphatic rings. The molecule has 0 bridgehead atoms. The van der Waals surface area contributed by atoms with Crippen LogP contribution in [0, 0.1) is 11.2 Å².